The molecule has 0 aliphatic heterocycles. The number of allylic oxidation sites excluding steroid dienone is 1. The highest BCUT2D eigenvalue weighted by Crippen LogP contribution is 2.31. The lowest BCUT2D eigenvalue weighted by Gasteiger charge is -2.33. The van der Waals surface area contributed by atoms with Gasteiger partial charge in [0.2, 0.25) is 0 Å². The normalized spacial score (nSPS) is 38.7. The molecule has 11 heavy (non-hydrogen) atoms. The molecule has 0 bridgehead atoms. The Labute approximate surface area is 66.9 Å². The van der Waals surface area contributed by atoms with Crippen molar-refractivity contribution < 1.29 is 9.90 Å². The molecule has 2 nitrogen and oxygen atoms in total. The average Bonchev–Trinajstić information content (AvgIpc) is 1.84. The molecule has 0 saturated heterocycles. The molecule has 0 fully saturated rings. The largest absolute Gasteiger partial charge is 0.386 e. The fourth-order valence-electron chi connectivity index (χ4n) is 1.34. The minimum atomic E-state index is -0.784. The van der Waals surface area contributed by atoms with Crippen molar-refractivity contribution >= 4 is 5.78 Å². The van der Waals surface area contributed by atoms with E-state index in [1.54, 1.807) is 19.9 Å². The summed E-state index contributed by atoms with van der Waals surface area (Å²) in [5.74, 6) is 0.168. The van der Waals surface area contributed by atoms with Crippen LogP contribution in [0.1, 0.15) is 27.2 Å². The van der Waals surface area contributed by atoms with Crippen LogP contribution in [-0.2, 0) is 4.79 Å². The van der Waals surface area contributed by atoms with Gasteiger partial charge in [-0.1, -0.05) is 6.92 Å². The smallest absolute Gasteiger partial charge is 0.156 e. The van der Waals surface area contributed by atoms with Crippen molar-refractivity contribution in [2.45, 2.75) is 32.8 Å². The van der Waals surface area contributed by atoms with Crippen molar-refractivity contribution in [2.24, 2.45) is 5.92 Å². The summed E-state index contributed by atoms with van der Waals surface area (Å²) < 4.78 is 0. The summed E-state index contributed by atoms with van der Waals surface area (Å²) in [6, 6.07) is 0. The third-order valence-electron chi connectivity index (χ3n) is 2.64. The minimum Gasteiger partial charge on any atom is -0.386 e. The van der Waals surface area contributed by atoms with Crippen molar-refractivity contribution in [1.29, 1.82) is 0 Å². The summed E-state index contributed by atoms with van der Waals surface area (Å²) in [4.78, 5) is 11.0. The van der Waals surface area contributed by atoms with E-state index in [4.69, 9.17) is 0 Å². The van der Waals surface area contributed by atoms with Crippen LogP contribution >= 0.6 is 0 Å². The summed E-state index contributed by atoms with van der Waals surface area (Å²) in [6.07, 6.45) is 2.00. The Bertz CT molecular complexity index is 214. The van der Waals surface area contributed by atoms with Crippen LogP contribution in [0.4, 0.5) is 0 Å². The van der Waals surface area contributed by atoms with E-state index < -0.39 is 5.60 Å². The van der Waals surface area contributed by atoms with Crippen LogP contribution in [0, 0.1) is 5.92 Å². The maximum absolute atomic E-state index is 11.0. The summed E-state index contributed by atoms with van der Waals surface area (Å²) in [7, 11) is 0. The standard InChI is InChI=1S/C9H14O2/c1-6-4-8(10)5-7(2)9(6,3)11/h4,7,11H,5H2,1-3H3/t7-,9-/m1/s1. The van der Waals surface area contributed by atoms with E-state index in [1.165, 1.54) is 0 Å². The number of carbonyl (C=O) groups excluding carboxylic acids is 1. The van der Waals surface area contributed by atoms with E-state index in [1.807, 2.05) is 6.92 Å². The van der Waals surface area contributed by atoms with Gasteiger partial charge in [-0.15, -0.1) is 0 Å². The van der Waals surface area contributed by atoms with E-state index in [9.17, 15) is 9.90 Å². The molecule has 0 radical (unpaired) electrons. The van der Waals surface area contributed by atoms with E-state index in [2.05, 4.69) is 0 Å². The van der Waals surface area contributed by atoms with Crippen LogP contribution in [-0.4, -0.2) is 16.5 Å². The maximum Gasteiger partial charge on any atom is 0.156 e. The average molecular weight is 154 g/mol. The first kappa shape index (κ1) is 8.47. The molecule has 0 unspecified atom stereocenters. The molecule has 1 aliphatic carbocycles. The molecule has 0 saturated carbocycles. The lowest BCUT2D eigenvalue weighted by Crippen LogP contribution is -2.38. The van der Waals surface area contributed by atoms with Gasteiger partial charge in [0.25, 0.3) is 0 Å². The molecule has 0 aromatic carbocycles. The predicted octanol–water partition coefficient (Wildman–Crippen LogP) is 1.29. The van der Waals surface area contributed by atoms with Crippen LogP contribution in [0.3, 0.4) is 0 Å². The van der Waals surface area contributed by atoms with Crippen molar-refractivity contribution in [2.75, 3.05) is 0 Å². The fraction of sp³-hybridized carbons (Fsp3) is 0.667. The first-order valence-corrected chi connectivity index (χ1v) is 3.88. The summed E-state index contributed by atoms with van der Waals surface area (Å²) in [6.45, 7) is 5.46. The highest BCUT2D eigenvalue weighted by molar-refractivity contribution is 5.92. The van der Waals surface area contributed by atoms with Gasteiger partial charge in [-0.25, -0.2) is 0 Å². The minimum absolute atomic E-state index is 0.0417. The van der Waals surface area contributed by atoms with E-state index in [-0.39, 0.29) is 11.7 Å². The first-order chi connectivity index (χ1) is 4.94. The third-order valence-corrected chi connectivity index (χ3v) is 2.64. The van der Waals surface area contributed by atoms with E-state index in [0.717, 1.165) is 5.57 Å². The van der Waals surface area contributed by atoms with Crippen molar-refractivity contribution in [3.05, 3.63) is 11.6 Å². The Kier molecular flexibility index (Phi) is 1.89. The highest BCUT2D eigenvalue weighted by Gasteiger charge is 2.34. The zero-order chi connectivity index (χ0) is 8.65. The number of hydrogen-bond donors (Lipinski definition) is 1. The predicted molar refractivity (Wildman–Crippen MR) is 43.2 cm³/mol. The Morgan fingerprint density at radius 1 is 1.73 bits per heavy atom. The molecular weight excluding hydrogens is 140 g/mol. The molecule has 2 heteroatoms. The van der Waals surface area contributed by atoms with Gasteiger partial charge >= 0.3 is 0 Å². The third kappa shape index (κ3) is 1.36. The summed E-state index contributed by atoms with van der Waals surface area (Å²) >= 11 is 0. The van der Waals surface area contributed by atoms with Crippen LogP contribution < -0.4 is 0 Å². The van der Waals surface area contributed by atoms with Gasteiger partial charge in [0.15, 0.2) is 5.78 Å². The SMILES string of the molecule is CC1=CC(=O)C[C@@H](C)[C@]1(C)O. The topological polar surface area (TPSA) is 37.3 Å². The molecule has 0 aromatic rings. The van der Waals surface area contributed by atoms with Crippen molar-refractivity contribution in [1.82, 2.24) is 0 Å². The molecule has 0 aromatic heterocycles. The fourth-order valence-corrected chi connectivity index (χ4v) is 1.34. The molecule has 0 spiro atoms. The van der Waals surface area contributed by atoms with Crippen molar-refractivity contribution in [3.63, 3.8) is 0 Å². The Morgan fingerprint density at radius 2 is 2.27 bits per heavy atom. The molecule has 2 atom stereocenters. The van der Waals surface area contributed by atoms with Gasteiger partial charge < -0.3 is 5.11 Å². The van der Waals surface area contributed by atoms with Crippen LogP contribution in [0.5, 0.6) is 0 Å². The summed E-state index contributed by atoms with van der Waals surface area (Å²) in [5.41, 5.74) is -0.00488. The second-order valence-electron chi connectivity index (χ2n) is 3.55. The van der Waals surface area contributed by atoms with Crippen LogP contribution in [0.15, 0.2) is 11.6 Å². The van der Waals surface area contributed by atoms with Crippen LogP contribution in [0.2, 0.25) is 0 Å². The molecule has 1 rings (SSSR count). The second kappa shape index (κ2) is 2.45. The van der Waals surface area contributed by atoms with Gasteiger partial charge in [-0.2, -0.15) is 0 Å². The van der Waals surface area contributed by atoms with Crippen molar-refractivity contribution in [3.8, 4) is 0 Å². The molecule has 0 heterocycles. The van der Waals surface area contributed by atoms with Gasteiger partial charge in [0.1, 0.15) is 0 Å². The quantitative estimate of drug-likeness (QED) is 0.571. The number of aliphatic hydroxyl groups is 1. The monoisotopic (exact) mass is 154 g/mol. The number of ketones is 1. The number of hydrogen-bond acceptors (Lipinski definition) is 2. The molecular formula is C9H14O2. The van der Waals surface area contributed by atoms with E-state index >= 15 is 0 Å². The maximum atomic E-state index is 11.0. The Hall–Kier alpha value is -0.630. The van der Waals surface area contributed by atoms with Gasteiger partial charge in [0.05, 0.1) is 5.60 Å². The van der Waals surface area contributed by atoms with Crippen LogP contribution in [0.25, 0.3) is 0 Å². The van der Waals surface area contributed by atoms with Gasteiger partial charge in [-0.3, -0.25) is 4.79 Å². The molecule has 1 aliphatic rings. The lowest BCUT2D eigenvalue weighted by atomic mass is 9.77. The zero-order valence-corrected chi connectivity index (χ0v) is 7.22. The second-order valence-corrected chi connectivity index (χ2v) is 3.55. The number of carbonyl (C=O) groups is 1. The van der Waals surface area contributed by atoms with Gasteiger partial charge in [0, 0.05) is 6.42 Å². The molecule has 62 valence electrons. The zero-order valence-electron chi connectivity index (χ0n) is 7.22. The Balaban J connectivity index is 2.99. The first-order valence-electron chi connectivity index (χ1n) is 3.88. The van der Waals surface area contributed by atoms with Gasteiger partial charge in [-0.05, 0) is 31.4 Å². The Morgan fingerprint density at radius 3 is 2.73 bits per heavy atom. The highest BCUT2D eigenvalue weighted by atomic mass is 16.3. The summed E-state index contributed by atoms with van der Waals surface area (Å²) in [5, 5.41) is 9.81. The lowest BCUT2D eigenvalue weighted by molar-refractivity contribution is -0.118. The molecule has 0 amide bonds. The van der Waals surface area contributed by atoms with E-state index in [0.29, 0.717) is 6.42 Å². The number of rotatable bonds is 0. The molecule has 1 N–H and O–H groups in total.